The van der Waals surface area contributed by atoms with E-state index in [1.54, 1.807) is 6.07 Å². The Labute approximate surface area is 135 Å². The summed E-state index contributed by atoms with van der Waals surface area (Å²) >= 11 is 0. The zero-order valence-corrected chi connectivity index (χ0v) is 13.0. The molecule has 0 radical (unpaired) electrons. The number of benzene rings is 1. The van der Waals surface area contributed by atoms with Gasteiger partial charge in [0.25, 0.3) is 11.6 Å². The molecular formula is C17H19N3O3. The fourth-order valence-electron chi connectivity index (χ4n) is 2.82. The lowest BCUT2D eigenvalue weighted by molar-refractivity contribution is -0.384. The molecule has 23 heavy (non-hydrogen) atoms. The van der Waals surface area contributed by atoms with E-state index in [2.05, 4.69) is 12.2 Å². The van der Waals surface area contributed by atoms with E-state index in [1.165, 1.54) is 30.7 Å². The van der Waals surface area contributed by atoms with Crippen molar-refractivity contribution >= 4 is 17.7 Å². The van der Waals surface area contributed by atoms with Crippen LogP contribution in [0.25, 0.3) is 6.08 Å². The van der Waals surface area contributed by atoms with Crippen LogP contribution in [0.3, 0.4) is 0 Å². The number of nitrogens with one attached hydrogen (secondary N) is 1. The van der Waals surface area contributed by atoms with Gasteiger partial charge in [-0.3, -0.25) is 14.9 Å². The minimum absolute atomic E-state index is 0.0386. The summed E-state index contributed by atoms with van der Waals surface area (Å²) in [6.07, 6.45) is 5.62. The van der Waals surface area contributed by atoms with Crippen LogP contribution in [-0.2, 0) is 4.79 Å². The van der Waals surface area contributed by atoms with Gasteiger partial charge in [0.2, 0.25) is 0 Å². The molecule has 0 unspecified atom stereocenters. The lowest BCUT2D eigenvalue weighted by atomic mass is 9.86. The van der Waals surface area contributed by atoms with Crippen molar-refractivity contribution in [1.29, 1.82) is 5.26 Å². The molecule has 1 aromatic rings. The first-order chi connectivity index (χ1) is 11.0. The molecule has 0 saturated heterocycles. The number of hydrogen-bond acceptors (Lipinski definition) is 4. The predicted molar refractivity (Wildman–Crippen MR) is 86.2 cm³/mol. The zero-order valence-electron chi connectivity index (χ0n) is 13.0. The van der Waals surface area contributed by atoms with E-state index < -0.39 is 10.8 Å². The maximum Gasteiger partial charge on any atom is 0.270 e. The molecule has 1 aromatic carbocycles. The van der Waals surface area contributed by atoms with Gasteiger partial charge < -0.3 is 5.32 Å². The van der Waals surface area contributed by atoms with Crippen LogP contribution in [-0.4, -0.2) is 16.9 Å². The summed E-state index contributed by atoms with van der Waals surface area (Å²) in [5, 5.41) is 22.9. The molecule has 0 aliphatic heterocycles. The molecular weight excluding hydrogens is 294 g/mol. The number of nitriles is 1. The van der Waals surface area contributed by atoms with Crippen LogP contribution in [0.2, 0.25) is 0 Å². The Morgan fingerprint density at radius 1 is 1.43 bits per heavy atom. The van der Waals surface area contributed by atoms with Gasteiger partial charge in [0.05, 0.1) is 4.92 Å². The SMILES string of the molecule is C[C@@H]1CCCC[C@H]1NC(=O)/C(C#N)=C/c1cccc([N+](=O)[O-])c1. The first kappa shape index (κ1) is 16.7. The highest BCUT2D eigenvalue weighted by Crippen LogP contribution is 2.24. The second-order valence-corrected chi connectivity index (χ2v) is 5.86. The van der Waals surface area contributed by atoms with E-state index in [1.807, 2.05) is 6.07 Å². The minimum Gasteiger partial charge on any atom is -0.348 e. The number of nitro groups is 1. The number of carbonyl (C=O) groups excluding carboxylic acids is 1. The van der Waals surface area contributed by atoms with Crippen LogP contribution >= 0.6 is 0 Å². The van der Waals surface area contributed by atoms with Gasteiger partial charge >= 0.3 is 0 Å². The Bertz CT molecular complexity index is 676. The highest BCUT2D eigenvalue weighted by atomic mass is 16.6. The number of nitro benzene ring substituents is 1. The summed E-state index contributed by atoms with van der Waals surface area (Å²) in [6.45, 7) is 2.10. The maximum absolute atomic E-state index is 12.3. The maximum atomic E-state index is 12.3. The molecule has 1 aliphatic carbocycles. The molecule has 2 atom stereocenters. The summed E-state index contributed by atoms with van der Waals surface area (Å²) in [5.74, 6) is -0.0248. The normalized spacial score (nSPS) is 21.3. The van der Waals surface area contributed by atoms with E-state index in [9.17, 15) is 20.2 Å². The van der Waals surface area contributed by atoms with Crippen LogP contribution in [0, 0.1) is 27.4 Å². The van der Waals surface area contributed by atoms with Crippen molar-refractivity contribution in [3.05, 3.63) is 45.5 Å². The molecule has 1 amide bonds. The molecule has 2 rings (SSSR count). The van der Waals surface area contributed by atoms with Crippen molar-refractivity contribution in [3.8, 4) is 6.07 Å². The zero-order chi connectivity index (χ0) is 16.8. The van der Waals surface area contributed by atoms with Gasteiger partial charge in [-0.05, 0) is 30.4 Å². The average molecular weight is 313 g/mol. The molecule has 120 valence electrons. The van der Waals surface area contributed by atoms with Crippen molar-refractivity contribution < 1.29 is 9.72 Å². The van der Waals surface area contributed by atoms with Crippen LogP contribution < -0.4 is 5.32 Å². The van der Waals surface area contributed by atoms with Crippen molar-refractivity contribution in [1.82, 2.24) is 5.32 Å². The molecule has 0 aromatic heterocycles. The van der Waals surface area contributed by atoms with E-state index in [-0.39, 0.29) is 17.3 Å². The fourth-order valence-corrected chi connectivity index (χ4v) is 2.82. The van der Waals surface area contributed by atoms with Gasteiger partial charge in [-0.15, -0.1) is 0 Å². The lowest BCUT2D eigenvalue weighted by Gasteiger charge is -2.29. The van der Waals surface area contributed by atoms with Crippen LogP contribution in [0.15, 0.2) is 29.8 Å². The van der Waals surface area contributed by atoms with Crippen molar-refractivity contribution in [3.63, 3.8) is 0 Å². The second kappa shape index (κ2) is 7.54. The smallest absolute Gasteiger partial charge is 0.270 e. The monoisotopic (exact) mass is 313 g/mol. The van der Waals surface area contributed by atoms with Crippen molar-refractivity contribution in [2.45, 2.75) is 38.6 Å². The third kappa shape index (κ3) is 4.39. The standard InChI is InChI=1S/C17H19N3O3/c1-12-5-2-3-8-16(12)19-17(21)14(11-18)9-13-6-4-7-15(10-13)20(22)23/h4,6-7,9-10,12,16H,2-3,5,8H2,1H3,(H,19,21)/b14-9+/t12-,16-/m1/s1. The number of amides is 1. The highest BCUT2D eigenvalue weighted by molar-refractivity contribution is 6.01. The lowest BCUT2D eigenvalue weighted by Crippen LogP contribution is -2.41. The Kier molecular flexibility index (Phi) is 5.47. The van der Waals surface area contributed by atoms with E-state index in [0.29, 0.717) is 11.5 Å². The van der Waals surface area contributed by atoms with Crippen molar-refractivity contribution in [2.24, 2.45) is 5.92 Å². The van der Waals surface area contributed by atoms with Gasteiger partial charge in [0.1, 0.15) is 11.6 Å². The molecule has 0 heterocycles. The van der Waals surface area contributed by atoms with E-state index in [4.69, 9.17) is 0 Å². The molecule has 6 nitrogen and oxygen atoms in total. The third-order valence-corrected chi connectivity index (χ3v) is 4.19. The van der Waals surface area contributed by atoms with Crippen LogP contribution in [0.1, 0.15) is 38.2 Å². The third-order valence-electron chi connectivity index (χ3n) is 4.19. The molecule has 1 N–H and O–H groups in total. The Balaban J connectivity index is 2.15. The molecule has 6 heteroatoms. The first-order valence-electron chi connectivity index (χ1n) is 7.68. The Morgan fingerprint density at radius 2 is 2.17 bits per heavy atom. The van der Waals surface area contributed by atoms with Gasteiger partial charge in [0, 0.05) is 18.2 Å². The molecule has 1 saturated carbocycles. The van der Waals surface area contributed by atoms with Gasteiger partial charge in [-0.1, -0.05) is 31.9 Å². The Morgan fingerprint density at radius 3 is 2.83 bits per heavy atom. The van der Waals surface area contributed by atoms with Gasteiger partial charge in [-0.25, -0.2) is 0 Å². The average Bonchev–Trinajstić information content (AvgIpc) is 2.55. The van der Waals surface area contributed by atoms with Gasteiger partial charge in [0.15, 0.2) is 0 Å². The van der Waals surface area contributed by atoms with Crippen LogP contribution in [0.5, 0.6) is 0 Å². The highest BCUT2D eigenvalue weighted by Gasteiger charge is 2.24. The fraction of sp³-hybridized carbons (Fsp3) is 0.412. The summed E-state index contributed by atoms with van der Waals surface area (Å²) in [6, 6.07) is 7.83. The number of rotatable bonds is 4. The Hall–Kier alpha value is -2.68. The predicted octanol–water partition coefficient (Wildman–Crippen LogP) is 3.20. The largest absolute Gasteiger partial charge is 0.348 e. The number of carbonyl (C=O) groups is 1. The first-order valence-corrected chi connectivity index (χ1v) is 7.68. The molecule has 0 bridgehead atoms. The molecule has 1 fully saturated rings. The quantitative estimate of drug-likeness (QED) is 0.399. The molecule has 0 spiro atoms. The summed E-state index contributed by atoms with van der Waals surface area (Å²) in [5.41, 5.74) is 0.350. The number of non-ortho nitro benzene ring substituents is 1. The topological polar surface area (TPSA) is 96.0 Å². The van der Waals surface area contributed by atoms with Gasteiger partial charge in [-0.2, -0.15) is 5.26 Å². The summed E-state index contributed by atoms with van der Waals surface area (Å²) < 4.78 is 0. The van der Waals surface area contributed by atoms with E-state index in [0.717, 1.165) is 19.3 Å². The van der Waals surface area contributed by atoms with E-state index >= 15 is 0 Å². The summed E-state index contributed by atoms with van der Waals surface area (Å²) in [4.78, 5) is 22.6. The second-order valence-electron chi connectivity index (χ2n) is 5.86. The minimum atomic E-state index is -0.507. The summed E-state index contributed by atoms with van der Waals surface area (Å²) in [7, 11) is 0. The van der Waals surface area contributed by atoms with Crippen LogP contribution in [0.4, 0.5) is 5.69 Å². The number of nitrogens with zero attached hydrogens (tertiary/aromatic N) is 2. The molecule has 1 aliphatic rings. The number of hydrogen-bond donors (Lipinski definition) is 1. The van der Waals surface area contributed by atoms with Crippen molar-refractivity contribution in [2.75, 3.05) is 0 Å².